The minimum atomic E-state index is -0.0196. The van der Waals surface area contributed by atoms with Gasteiger partial charge in [-0.1, -0.05) is 6.07 Å². The number of nitrogen functional groups attached to an aromatic ring is 1. The predicted octanol–water partition coefficient (Wildman–Crippen LogP) is 2.84. The van der Waals surface area contributed by atoms with Gasteiger partial charge in [0.05, 0.1) is 5.69 Å². The van der Waals surface area contributed by atoms with Crippen LogP contribution in [0.5, 0.6) is 0 Å². The van der Waals surface area contributed by atoms with E-state index in [0.29, 0.717) is 23.6 Å². The van der Waals surface area contributed by atoms with Crippen LogP contribution < -0.4 is 5.73 Å². The molecule has 0 fully saturated rings. The monoisotopic (exact) mass is 261 g/mol. The van der Waals surface area contributed by atoms with E-state index >= 15 is 0 Å². The van der Waals surface area contributed by atoms with Gasteiger partial charge in [0.25, 0.3) is 0 Å². The standard InChI is InChI=1S/C9H9BrClNO/c10-7-3-1-2-6(9(7)12)8(13)4-5-11/h1-3H,4-5,12H2. The molecule has 0 bridgehead atoms. The second-order valence-electron chi connectivity index (χ2n) is 2.56. The number of Topliss-reactive ketones (excluding diaryl/α,β-unsaturated/α-hetero) is 1. The van der Waals surface area contributed by atoms with E-state index in [-0.39, 0.29) is 5.78 Å². The number of carbonyl (C=O) groups excluding carboxylic acids is 1. The molecule has 0 aliphatic heterocycles. The Bertz CT molecular complexity index is 327. The van der Waals surface area contributed by atoms with Crippen LogP contribution in [-0.2, 0) is 0 Å². The molecule has 2 nitrogen and oxygen atoms in total. The van der Waals surface area contributed by atoms with Crippen LogP contribution in [0.15, 0.2) is 22.7 Å². The zero-order chi connectivity index (χ0) is 9.84. The van der Waals surface area contributed by atoms with Gasteiger partial charge in [-0.2, -0.15) is 0 Å². The van der Waals surface area contributed by atoms with Gasteiger partial charge in [0.2, 0.25) is 0 Å². The SMILES string of the molecule is Nc1c(Br)cccc1C(=O)CCCl. The second-order valence-corrected chi connectivity index (χ2v) is 3.80. The number of anilines is 1. The molecule has 1 aromatic carbocycles. The van der Waals surface area contributed by atoms with Crippen molar-refractivity contribution in [1.29, 1.82) is 0 Å². The average molecular weight is 263 g/mol. The van der Waals surface area contributed by atoms with Crippen LogP contribution in [0.3, 0.4) is 0 Å². The molecule has 0 aliphatic rings. The van der Waals surface area contributed by atoms with Crippen molar-refractivity contribution in [1.82, 2.24) is 0 Å². The van der Waals surface area contributed by atoms with E-state index in [4.69, 9.17) is 17.3 Å². The minimum Gasteiger partial charge on any atom is -0.397 e. The van der Waals surface area contributed by atoms with Crippen molar-refractivity contribution in [2.45, 2.75) is 6.42 Å². The van der Waals surface area contributed by atoms with Crippen molar-refractivity contribution in [3.05, 3.63) is 28.2 Å². The van der Waals surface area contributed by atoms with E-state index in [9.17, 15) is 4.79 Å². The van der Waals surface area contributed by atoms with Gasteiger partial charge in [-0.25, -0.2) is 0 Å². The fourth-order valence-corrected chi connectivity index (χ4v) is 1.54. The van der Waals surface area contributed by atoms with Gasteiger partial charge < -0.3 is 5.73 Å². The van der Waals surface area contributed by atoms with Gasteiger partial charge in [0.1, 0.15) is 0 Å². The summed E-state index contributed by atoms with van der Waals surface area (Å²) in [4.78, 5) is 11.4. The normalized spacial score (nSPS) is 10.0. The van der Waals surface area contributed by atoms with Crippen LogP contribution in [0.4, 0.5) is 5.69 Å². The average Bonchev–Trinajstić information content (AvgIpc) is 2.10. The Morgan fingerprint density at radius 1 is 1.54 bits per heavy atom. The first-order valence-electron chi connectivity index (χ1n) is 3.80. The molecule has 0 spiro atoms. The van der Waals surface area contributed by atoms with Crippen molar-refractivity contribution < 1.29 is 4.79 Å². The number of para-hydroxylation sites is 1. The summed E-state index contributed by atoms with van der Waals surface area (Å²) in [6, 6.07) is 5.28. The number of halogens is 2. The molecule has 0 radical (unpaired) electrons. The van der Waals surface area contributed by atoms with E-state index in [1.807, 2.05) is 0 Å². The number of ketones is 1. The summed E-state index contributed by atoms with van der Waals surface area (Å²) in [6.07, 6.45) is 0.322. The van der Waals surface area contributed by atoms with Gasteiger partial charge in [0, 0.05) is 22.3 Å². The summed E-state index contributed by atoms with van der Waals surface area (Å²) in [5, 5.41) is 0. The zero-order valence-corrected chi connectivity index (χ0v) is 9.23. The first-order chi connectivity index (χ1) is 6.16. The lowest BCUT2D eigenvalue weighted by molar-refractivity contribution is 0.0990. The first kappa shape index (κ1) is 10.5. The number of hydrogen-bond donors (Lipinski definition) is 1. The van der Waals surface area contributed by atoms with Crippen molar-refractivity contribution >= 4 is 39.0 Å². The quantitative estimate of drug-likeness (QED) is 0.517. The molecule has 70 valence electrons. The van der Waals surface area contributed by atoms with Gasteiger partial charge in [-0.15, -0.1) is 11.6 Å². The first-order valence-corrected chi connectivity index (χ1v) is 5.12. The molecular weight excluding hydrogens is 253 g/mol. The third-order valence-corrected chi connectivity index (χ3v) is 2.56. The summed E-state index contributed by atoms with van der Waals surface area (Å²) < 4.78 is 0.743. The second kappa shape index (κ2) is 4.63. The third kappa shape index (κ3) is 2.45. The Balaban J connectivity index is 3.01. The number of carbonyl (C=O) groups is 1. The number of alkyl halides is 1. The van der Waals surface area contributed by atoms with Crippen LogP contribution in [-0.4, -0.2) is 11.7 Å². The van der Waals surface area contributed by atoms with Gasteiger partial charge >= 0.3 is 0 Å². The maximum absolute atomic E-state index is 11.4. The Hall–Kier alpha value is -0.540. The number of hydrogen-bond acceptors (Lipinski definition) is 2. The molecule has 0 unspecified atom stereocenters. The molecule has 0 heterocycles. The Morgan fingerprint density at radius 3 is 2.85 bits per heavy atom. The highest BCUT2D eigenvalue weighted by Crippen LogP contribution is 2.23. The fraction of sp³-hybridized carbons (Fsp3) is 0.222. The Morgan fingerprint density at radius 2 is 2.23 bits per heavy atom. The summed E-state index contributed by atoms with van der Waals surface area (Å²) in [5.74, 6) is 0.305. The topological polar surface area (TPSA) is 43.1 Å². The van der Waals surface area contributed by atoms with Gasteiger partial charge in [0.15, 0.2) is 5.78 Å². The highest BCUT2D eigenvalue weighted by molar-refractivity contribution is 9.10. The summed E-state index contributed by atoms with van der Waals surface area (Å²) in [7, 11) is 0. The molecule has 0 atom stereocenters. The Kier molecular flexibility index (Phi) is 3.75. The van der Waals surface area contributed by atoms with E-state index in [1.54, 1.807) is 18.2 Å². The summed E-state index contributed by atoms with van der Waals surface area (Å²) in [5.41, 5.74) is 6.72. The van der Waals surface area contributed by atoms with Crippen LogP contribution in [0.1, 0.15) is 16.8 Å². The van der Waals surface area contributed by atoms with Crippen molar-refractivity contribution in [3.8, 4) is 0 Å². The molecular formula is C9H9BrClNO. The lowest BCUT2D eigenvalue weighted by atomic mass is 10.1. The summed E-state index contributed by atoms with van der Waals surface area (Å²) in [6.45, 7) is 0. The molecule has 2 N–H and O–H groups in total. The van der Waals surface area contributed by atoms with Crippen LogP contribution in [0.2, 0.25) is 0 Å². The lowest BCUT2D eigenvalue weighted by Gasteiger charge is -2.04. The van der Waals surface area contributed by atoms with E-state index in [1.165, 1.54) is 0 Å². The van der Waals surface area contributed by atoms with Crippen molar-refractivity contribution in [2.75, 3.05) is 11.6 Å². The van der Waals surface area contributed by atoms with E-state index in [2.05, 4.69) is 15.9 Å². The number of benzene rings is 1. The Labute approximate surface area is 90.2 Å². The molecule has 0 saturated heterocycles. The molecule has 0 aliphatic carbocycles. The molecule has 0 aromatic heterocycles. The largest absolute Gasteiger partial charge is 0.397 e. The summed E-state index contributed by atoms with van der Waals surface area (Å²) >= 11 is 8.72. The third-order valence-electron chi connectivity index (χ3n) is 1.67. The minimum absolute atomic E-state index is 0.0196. The number of rotatable bonds is 3. The number of nitrogens with two attached hydrogens (primary N) is 1. The molecule has 13 heavy (non-hydrogen) atoms. The highest BCUT2D eigenvalue weighted by Gasteiger charge is 2.10. The predicted molar refractivity (Wildman–Crippen MR) is 58.2 cm³/mol. The van der Waals surface area contributed by atoms with Crippen molar-refractivity contribution in [3.63, 3.8) is 0 Å². The van der Waals surface area contributed by atoms with E-state index < -0.39 is 0 Å². The van der Waals surface area contributed by atoms with Gasteiger partial charge in [-0.3, -0.25) is 4.79 Å². The fourth-order valence-electron chi connectivity index (χ4n) is 1.00. The molecule has 1 aromatic rings. The molecule has 1 rings (SSSR count). The van der Waals surface area contributed by atoms with Crippen molar-refractivity contribution in [2.24, 2.45) is 0 Å². The molecule has 0 saturated carbocycles. The lowest BCUT2D eigenvalue weighted by Crippen LogP contribution is -2.04. The van der Waals surface area contributed by atoms with Crippen LogP contribution in [0.25, 0.3) is 0 Å². The highest BCUT2D eigenvalue weighted by atomic mass is 79.9. The van der Waals surface area contributed by atoms with Crippen LogP contribution in [0, 0.1) is 0 Å². The molecule has 0 amide bonds. The maximum atomic E-state index is 11.4. The molecule has 4 heteroatoms. The smallest absolute Gasteiger partial charge is 0.166 e. The van der Waals surface area contributed by atoms with Gasteiger partial charge in [-0.05, 0) is 28.1 Å². The maximum Gasteiger partial charge on any atom is 0.166 e. The van der Waals surface area contributed by atoms with Crippen LogP contribution >= 0.6 is 27.5 Å². The zero-order valence-electron chi connectivity index (χ0n) is 6.89. The van der Waals surface area contributed by atoms with E-state index in [0.717, 1.165) is 4.47 Å².